The first-order chi connectivity index (χ1) is 11.8. The molecule has 130 valence electrons. The van der Waals surface area contributed by atoms with Crippen molar-refractivity contribution in [3.63, 3.8) is 0 Å². The zero-order chi connectivity index (χ0) is 18.6. The highest BCUT2D eigenvalue weighted by Gasteiger charge is 2.27. The average Bonchev–Trinajstić information content (AvgIpc) is 2.59. The Morgan fingerprint density at radius 2 is 1.72 bits per heavy atom. The summed E-state index contributed by atoms with van der Waals surface area (Å²) < 4.78 is 27.0. The number of nitrogens with one attached hydrogen (secondary N) is 1. The number of hydrogen-bond donors (Lipinski definition) is 2. The first kappa shape index (κ1) is 18.6. The van der Waals surface area contributed by atoms with Crippen molar-refractivity contribution >= 4 is 16.0 Å². The number of carboxylic acids is 1. The smallest absolute Gasteiger partial charge is 0.322 e. The molecule has 2 aromatic rings. The van der Waals surface area contributed by atoms with Crippen LogP contribution in [0, 0.1) is 17.2 Å². The van der Waals surface area contributed by atoms with Gasteiger partial charge in [-0.25, -0.2) is 8.42 Å². The van der Waals surface area contributed by atoms with Crippen LogP contribution >= 0.6 is 0 Å². The zero-order valence-electron chi connectivity index (χ0n) is 13.8. The van der Waals surface area contributed by atoms with Crippen molar-refractivity contribution in [1.82, 2.24) is 4.72 Å². The second kappa shape index (κ2) is 7.47. The SMILES string of the molecule is CC(C)C(NS(=O)(=O)c1ccc(-c2ccccc2C#N)cc1)C(=O)O. The van der Waals surface area contributed by atoms with E-state index in [0.717, 1.165) is 0 Å². The third-order valence-corrected chi connectivity index (χ3v) is 5.19. The Hall–Kier alpha value is -2.69. The second-order valence-corrected chi connectivity index (χ2v) is 7.58. The molecule has 7 heteroatoms. The standard InChI is InChI=1S/C18H18N2O4S/c1-12(2)17(18(21)22)20-25(23,24)15-9-7-13(8-10-15)16-6-4-3-5-14(16)11-19/h3-10,12,17,20H,1-2H3,(H,21,22). The number of nitriles is 1. The highest BCUT2D eigenvalue weighted by atomic mass is 32.2. The van der Waals surface area contributed by atoms with Crippen LogP contribution < -0.4 is 4.72 Å². The summed E-state index contributed by atoms with van der Waals surface area (Å²) in [4.78, 5) is 11.2. The molecule has 0 amide bonds. The fraction of sp³-hybridized carbons (Fsp3) is 0.222. The third kappa shape index (κ3) is 4.24. The Labute approximate surface area is 146 Å². The number of hydrogen-bond acceptors (Lipinski definition) is 4. The van der Waals surface area contributed by atoms with Crippen molar-refractivity contribution in [2.24, 2.45) is 5.92 Å². The highest BCUT2D eigenvalue weighted by molar-refractivity contribution is 7.89. The lowest BCUT2D eigenvalue weighted by Crippen LogP contribution is -2.44. The van der Waals surface area contributed by atoms with Crippen LogP contribution in [-0.2, 0) is 14.8 Å². The molecule has 0 heterocycles. The van der Waals surface area contributed by atoms with E-state index in [9.17, 15) is 13.2 Å². The number of carbonyl (C=O) groups is 1. The number of benzene rings is 2. The third-order valence-electron chi connectivity index (χ3n) is 3.74. The van der Waals surface area contributed by atoms with E-state index in [0.29, 0.717) is 16.7 Å². The number of nitrogens with zero attached hydrogens (tertiary/aromatic N) is 1. The molecule has 0 aliphatic heterocycles. The Morgan fingerprint density at radius 1 is 1.12 bits per heavy atom. The van der Waals surface area contributed by atoms with Crippen LogP contribution in [0.25, 0.3) is 11.1 Å². The molecule has 1 atom stereocenters. The van der Waals surface area contributed by atoms with Gasteiger partial charge in [0.25, 0.3) is 0 Å². The largest absolute Gasteiger partial charge is 0.480 e. The summed E-state index contributed by atoms with van der Waals surface area (Å²) in [5.41, 5.74) is 1.89. The molecule has 2 aromatic carbocycles. The van der Waals surface area contributed by atoms with Gasteiger partial charge in [-0.3, -0.25) is 4.79 Å². The highest BCUT2D eigenvalue weighted by Crippen LogP contribution is 2.24. The van der Waals surface area contributed by atoms with Crippen LogP contribution in [0.5, 0.6) is 0 Å². The van der Waals surface area contributed by atoms with E-state index < -0.39 is 28.0 Å². The zero-order valence-corrected chi connectivity index (χ0v) is 14.6. The second-order valence-electron chi connectivity index (χ2n) is 5.86. The van der Waals surface area contributed by atoms with Gasteiger partial charge in [0.1, 0.15) is 6.04 Å². The molecule has 1 unspecified atom stereocenters. The maximum atomic E-state index is 12.4. The Kier molecular flexibility index (Phi) is 5.57. The summed E-state index contributed by atoms with van der Waals surface area (Å²) in [6, 6.07) is 13.9. The molecule has 0 saturated carbocycles. The van der Waals surface area contributed by atoms with Gasteiger partial charge in [0, 0.05) is 0 Å². The van der Waals surface area contributed by atoms with Crippen molar-refractivity contribution in [1.29, 1.82) is 5.26 Å². The first-order valence-electron chi connectivity index (χ1n) is 7.61. The molecule has 0 bridgehead atoms. The molecule has 0 aromatic heterocycles. The predicted molar refractivity (Wildman–Crippen MR) is 93.2 cm³/mol. The van der Waals surface area contributed by atoms with Crippen molar-refractivity contribution in [2.75, 3.05) is 0 Å². The summed E-state index contributed by atoms with van der Waals surface area (Å²) >= 11 is 0. The summed E-state index contributed by atoms with van der Waals surface area (Å²) in [5, 5.41) is 18.3. The summed E-state index contributed by atoms with van der Waals surface area (Å²) in [5.74, 6) is -1.62. The summed E-state index contributed by atoms with van der Waals surface area (Å²) in [6.45, 7) is 3.26. The fourth-order valence-corrected chi connectivity index (χ4v) is 3.69. The van der Waals surface area contributed by atoms with Gasteiger partial charge in [0.05, 0.1) is 16.5 Å². The van der Waals surface area contributed by atoms with Gasteiger partial charge in [-0.1, -0.05) is 44.2 Å². The van der Waals surface area contributed by atoms with E-state index in [1.807, 2.05) is 0 Å². The van der Waals surface area contributed by atoms with Crippen LogP contribution in [0.15, 0.2) is 53.4 Å². The van der Waals surface area contributed by atoms with Gasteiger partial charge >= 0.3 is 5.97 Å². The Morgan fingerprint density at radius 3 is 2.24 bits per heavy atom. The van der Waals surface area contributed by atoms with E-state index in [2.05, 4.69) is 10.8 Å². The van der Waals surface area contributed by atoms with Gasteiger partial charge in [-0.05, 0) is 35.2 Å². The molecular weight excluding hydrogens is 340 g/mol. The van der Waals surface area contributed by atoms with Crippen molar-refractivity contribution < 1.29 is 18.3 Å². The molecular formula is C18H18N2O4S. The molecule has 0 saturated heterocycles. The van der Waals surface area contributed by atoms with Crippen molar-refractivity contribution in [3.05, 3.63) is 54.1 Å². The van der Waals surface area contributed by atoms with Crippen LogP contribution in [0.3, 0.4) is 0 Å². The number of carboxylic acid groups (broad SMARTS) is 1. The van der Waals surface area contributed by atoms with Crippen molar-refractivity contribution in [3.8, 4) is 17.2 Å². The summed E-state index contributed by atoms with van der Waals surface area (Å²) in [6.07, 6.45) is 0. The number of rotatable bonds is 6. The summed E-state index contributed by atoms with van der Waals surface area (Å²) in [7, 11) is -3.96. The van der Waals surface area contributed by atoms with Crippen LogP contribution in [0.2, 0.25) is 0 Å². The topological polar surface area (TPSA) is 107 Å². The minimum absolute atomic E-state index is 0.0300. The van der Waals surface area contributed by atoms with Gasteiger partial charge in [0.15, 0.2) is 0 Å². The van der Waals surface area contributed by atoms with Gasteiger partial charge < -0.3 is 5.11 Å². The van der Waals surface area contributed by atoms with E-state index in [1.165, 1.54) is 12.1 Å². The lowest BCUT2D eigenvalue weighted by atomic mass is 10.0. The minimum atomic E-state index is -3.96. The molecule has 0 spiro atoms. The molecule has 6 nitrogen and oxygen atoms in total. The molecule has 0 aliphatic rings. The van der Waals surface area contributed by atoms with E-state index >= 15 is 0 Å². The molecule has 2 N–H and O–H groups in total. The molecule has 25 heavy (non-hydrogen) atoms. The first-order valence-corrected chi connectivity index (χ1v) is 9.09. The number of sulfonamides is 1. The molecule has 2 rings (SSSR count). The normalized spacial score (nSPS) is 12.6. The maximum Gasteiger partial charge on any atom is 0.322 e. The molecule has 0 radical (unpaired) electrons. The Bertz CT molecular complexity index is 913. The van der Waals surface area contributed by atoms with E-state index in [4.69, 9.17) is 10.4 Å². The number of aliphatic carboxylic acids is 1. The average molecular weight is 358 g/mol. The van der Waals surface area contributed by atoms with Crippen molar-refractivity contribution in [2.45, 2.75) is 24.8 Å². The van der Waals surface area contributed by atoms with Gasteiger partial charge in [-0.15, -0.1) is 0 Å². The molecule has 0 fully saturated rings. The van der Waals surface area contributed by atoms with Gasteiger partial charge in [-0.2, -0.15) is 9.98 Å². The Balaban J connectivity index is 2.33. The van der Waals surface area contributed by atoms with E-state index in [1.54, 1.807) is 50.2 Å². The van der Waals surface area contributed by atoms with E-state index in [-0.39, 0.29) is 4.90 Å². The minimum Gasteiger partial charge on any atom is -0.480 e. The van der Waals surface area contributed by atoms with Crippen LogP contribution in [-0.4, -0.2) is 25.5 Å². The lowest BCUT2D eigenvalue weighted by molar-refractivity contribution is -0.140. The maximum absolute atomic E-state index is 12.4. The quantitative estimate of drug-likeness (QED) is 0.825. The lowest BCUT2D eigenvalue weighted by Gasteiger charge is -2.18. The monoisotopic (exact) mass is 358 g/mol. The molecule has 0 aliphatic carbocycles. The van der Waals surface area contributed by atoms with Crippen LogP contribution in [0.1, 0.15) is 19.4 Å². The fourth-order valence-electron chi connectivity index (χ4n) is 2.35. The van der Waals surface area contributed by atoms with Gasteiger partial charge in [0.2, 0.25) is 10.0 Å². The van der Waals surface area contributed by atoms with Crippen LogP contribution in [0.4, 0.5) is 0 Å². The predicted octanol–water partition coefficient (Wildman–Crippen LogP) is 2.61.